The first-order chi connectivity index (χ1) is 15.6. The Bertz CT molecular complexity index is 835. The van der Waals surface area contributed by atoms with E-state index in [0.717, 1.165) is 5.92 Å². The first-order valence-corrected chi connectivity index (χ1v) is 12.7. The predicted octanol–water partition coefficient (Wildman–Crippen LogP) is 9.25. The van der Waals surface area contributed by atoms with E-state index in [1.807, 2.05) is 12.1 Å². The summed E-state index contributed by atoms with van der Waals surface area (Å²) in [5.74, 6) is -0.586. The standard InChI is InChI=1S/C29H38F2O/c1-2-3-4-5-6-7-8-9-10-22-11-13-23(14-12-22)24-15-17-25(18-16-24)27-20-19-26(21-32)28(30)29(27)31/h15-23H,2-14H2,1H3. The van der Waals surface area contributed by atoms with Crippen LogP contribution < -0.4 is 0 Å². The highest BCUT2D eigenvalue weighted by atomic mass is 19.2. The molecular weight excluding hydrogens is 402 g/mol. The minimum atomic E-state index is -1.07. The molecule has 3 heteroatoms. The van der Waals surface area contributed by atoms with E-state index in [1.54, 1.807) is 0 Å². The van der Waals surface area contributed by atoms with Crippen molar-refractivity contribution in [2.24, 2.45) is 5.92 Å². The number of carbonyl (C=O) groups excluding carboxylic acids is 1. The van der Waals surface area contributed by atoms with Crippen molar-refractivity contribution in [3.05, 3.63) is 59.2 Å². The zero-order valence-electron chi connectivity index (χ0n) is 19.6. The van der Waals surface area contributed by atoms with E-state index in [2.05, 4.69) is 19.1 Å². The Morgan fingerprint density at radius 3 is 2.03 bits per heavy atom. The molecule has 1 aliphatic rings. The van der Waals surface area contributed by atoms with E-state index in [1.165, 1.54) is 101 Å². The molecule has 2 aromatic carbocycles. The normalized spacial score (nSPS) is 18.6. The summed E-state index contributed by atoms with van der Waals surface area (Å²) in [7, 11) is 0. The average Bonchev–Trinajstić information content (AvgIpc) is 2.83. The summed E-state index contributed by atoms with van der Waals surface area (Å²) >= 11 is 0. The Labute approximate surface area is 192 Å². The Hall–Kier alpha value is -2.03. The molecule has 0 aliphatic heterocycles. The van der Waals surface area contributed by atoms with Crippen LogP contribution in [0.15, 0.2) is 36.4 Å². The van der Waals surface area contributed by atoms with Gasteiger partial charge in [0, 0.05) is 5.56 Å². The fraction of sp³-hybridized carbons (Fsp3) is 0.552. The molecule has 0 atom stereocenters. The molecule has 32 heavy (non-hydrogen) atoms. The van der Waals surface area contributed by atoms with Crippen LogP contribution in [0.3, 0.4) is 0 Å². The molecule has 1 saturated carbocycles. The first-order valence-electron chi connectivity index (χ1n) is 12.7. The Morgan fingerprint density at radius 1 is 0.781 bits per heavy atom. The molecule has 0 spiro atoms. The largest absolute Gasteiger partial charge is 0.298 e. The number of carbonyl (C=O) groups is 1. The van der Waals surface area contributed by atoms with Gasteiger partial charge in [0.15, 0.2) is 17.9 Å². The van der Waals surface area contributed by atoms with E-state index in [4.69, 9.17) is 0 Å². The summed E-state index contributed by atoms with van der Waals surface area (Å²) in [6, 6.07) is 10.7. The third kappa shape index (κ3) is 6.73. The fourth-order valence-electron chi connectivity index (χ4n) is 5.16. The maximum Gasteiger partial charge on any atom is 0.169 e. The predicted molar refractivity (Wildman–Crippen MR) is 129 cm³/mol. The molecule has 0 saturated heterocycles. The van der Waals surface area contributed by atoms with Crippen LogP contribution in [0, 0.1) is 17.6 Å². The second-order valence-electron chi connectivity index (χ2n) is 9.55. The van der Waals surface area contributed by atoms with Crippen molar-refractivity contribution >= 4 is 6.29 Å². The summed E-state index contributed by atoms with van der Waals surface area (Å²) in [5, 5.41) is 0. The van der Waals surface area contributed by atoms with Crippen LogP contribution in [-0.4, -0.2) is 6.29 Å². The van der Waals surface area contributed by atoms with Gasteiger partial charge in [-0.15, -0.1) is 0 Å². The third-order valence-electron chi connectivity index (χ3n) is 7.24. The number of aldehydes is 1. The molecule has 0 bridgehead atoms. The summed E-state index contributed by atoms with van der Waals surface area (Å²) in [6.45, 7) is 2.27. The molecule has 2 aromatic rings. The lowest BCUT2D eigenvalue weighted by molar-refractivity contribution is 0.111. The van der Waals surface area contributed by atoms with Crippen molar-refractivity contribution in [1.29, 1.82) is 0 Å². The molecule has 1 nitrogen and oxygen atoms in total. The smallest absolute Gasteiger partial charge is 0.169 e. The van der Waals surface area contributed by atoms with Crippen molar-refractivity contribution in [1.82, 2.24) is 0 Å². The van der Waals surface area contributed by atoms with Gasteiger partial charge < -0.3 is 0 Å². The molecule has 0 aromatic heterocycles. The van der Waals surface area contributed by atoms with Crippen molar-refractivity contribution in [2.75, 3.05) is 0 Å². The number of rotatable bonds is 12. The second-order valence-corrected chi connectivity index (χ2v) is 9.55. The minimum Gasteiger partial charge on any atom is -0.298 e. The lowest BCUT2D eigenvalue weighted by Gasteiger charge is -2.29. The van der Waals surface area contributed by atoms with Crippen molar-refractivity contribution in [3.8, 4) is 11.1 Å². The number of hydrogen-bond donors (Lipinski definition) is 0. The van der Waals surface area contributed by atoms with Gasteiger partial charge in [0.2, 0.25) is 0 Å². The molecule has 3 rings (SSSR count). The molecule has 1 aliphatic carbocycles. The van der Waals surface area contributed by atoms with E-state index < -0.39 is 11.6 Å². The van der Waals surface area contributed by atoms with Crippen LogP contribution in [0.1, 0.15) is 112 Å². The van der Waals surface area contributed by atoms with Crippen LogP contribution in [-0.2, 0) is 0 Å². The van der Waals surface area contributed by atoms with Crippen LogP contribution in [0.5, 0.6) is 0 Å². The molecule has 0 unspecified atom stereocenters. The maximum absolute atomic E-state index is 14.3. The highest BCUT2D eigenvalue weighted by Gasteiger charge is 2.22. The monoisotopic (exact) mass is 440 g/mol. The third-order valence-corrected chi connectivity index (χ3v) is 7.24. The maximum atomic E-state index is 14.3. The molecule has 0 radical (unpaired) electrons. The van der Waals surface area contributed by atoms with Gasteiger partial charge in [-0.2, -0.15) is 0 Å². The SMILES string of the molecule is CCCCCCCCCCC1CCC(c2ccc(-c3ccc(C=O)c(F)c3F)cc2)CC1. The number of unbranched alkanes of at least 4 members (excludes halogenated alkanes) is 7. The zero-order valence-corrected chi connectivity index (χ0v) is 19.6. The lowest BCUT2D eigenvalue weighted by Crippen LogP contribution is -2.13. The molecule has 0 amide bonds. The Balaban J connectivity index is 1.43. The van der Waals surface area contributed by atoms with E-state index >= 15 is 0 Å². The van der Waals surface area contributed by atoms with Gasteiger partial charge in [-0.05, 0) is 54.7 Å². The van der Waals surface area contributed by atoms with Gasteiger partial charge in [-0.25, -0.2) is 8.78 Å². The van der Waals surface area contributed by atoms with Gasteiger partial charge in [-0.1, -0.05) is 95.0 Å². The summed E-state index contributed by atoms with van der Waals surface area (Å²) < 4.78 is 28.3. The molecule has 0 N–H and O–H groups in total. The van der Waals surface area contributed by atoms with Crippen LogP contribution in [0.4, 0.5) is 8.78 Å². The summed E-state index contributed by atoms with van der Waals surface area (Å²) in [6.07, 6.45) is 17.8. The van der Waals surface area contributed by atoms with E-state index in [-0.39, 0.29) is 11.1 Å². The highest BCUT2D eigenvalue weighted by molar-refractivity contribution is 5.77. The van der Waals surface area contributed by atoms with Gasteiger partial charge in [0.05, 0.1) is 5.56 Å². The van der Waals surface area contributed by atoms with Gasteiger partial charge in [-0.3, -0.25) is 4.79 Å². The van der Waals surface area contributed by atoms with Crippen molar-refractivity contribution < 1.29 is 13.6 Å². The molecule has 0 heterocycles. The van der Waals surface area contributed by atoms with Gasteiger partial charge in [0.25, 0.3) is 0 Å². The van der Waals surface area contributed by atoms with Gasteiger partial charge >= 0.3 is 0 Å². The quantitative estimate of drug-likeness (QED) is 0.237. The average molecular weight is 441 g/mol. The molecule has 1 fully saturated rings. The molecule has 174 valence electrons. The number of hydrogen-bond acceptors (Lipinski definition) is 1. The summed E-state index contributed by atoms with van der Waals surface area (Å²) in [4.78, 5) is 10.8. The first kappa shape index (κ1) is 24.6. The number of benzene rings is 2. The van der Waals surface area contributed by atoms with E-state index in [0.29, 0.717) is 17.8 Å². The van der Waals surface area contributed by atoms with Crippen LogP contribution in [0.2, 0.25) is 0 Å². The van der Waals surface area contributed by atoms with Crippen LogP contribution in [0.25, 0.3) is 11.1 Å². The zero-order chi connectivity index (χ0) is 22.8. The Morgan fingerprint density at radius 2 is 1.41 bits per heavy atom. The topological polar surface area (TPSA) is 17.1 Å². The lowest BCUT2D eigenvalue weighted by atomic mass is 9.77. The van der Waals surface area contributed by atoms with Crippen molar-refractivity contribution in [3.63, 3.8) is 0 Å². The van der Waals surface area contributed by atoms with Crippen molar-refractivity contribution in [2.45, 2.75) is 96.3 Å². The number of halogens is 2. The minimum absolute atomic E-state index is 0.203. The fourth-order valence-corrected chi connectivity index (χ4v) is 5.16. The Kier molecular flexibility index (Phi) is 9.89. The highest BCUT2D eigenvalue weighted by Crippen LogP contribution is 2.38. The van der Waals surface area contributed by atoms with Crippen LogP contribution >= 0.6 is 0 Å². The van der Waals surface area contributed by atoms with E-state index in [9.17, 15) is 13.6 Å². The molecular formula is C29H38F2O. The second kappa shape index (κ2) is 12.9. The summed E-state index contributed by atoms with van der Waals surface area (Å²) in [5.41, 5.74) is 1.90. The van der Waals surface area contributed by atoms with Gasteiger partial charge in [0.1, 0.15) is 0 Å².